The summed E-state index contributed by atoms with van der Waals surface area (Å²) in [5.74, 6) is -0.416. The van der Waals surface area contributed by atoms with Gasteiger partial charge in [0.25, 0.3) is 7.82 Å². The van der Waals surface area contributed by atoms with Gasteiger partial charge in [-0.1, -0.05) is 134 Å². The number of rotatable bonds is 38. The van der Waals surface area contributed by atoms with Crippen molar-refractivity contribution in [2.45, 2.75) is 180 Å². The first-order valence-corrected chi connectivity index (χ1v) is 23.0. The van der Waals surface area contributed by atoms with E-state index in [0.717, 1.165) is 38.5 Å². The fraction of sp³-hybridized carbons (Fsp3) is 0.795. The van der Waals surface area contributed by atoms with E-state index in [0.29, 0.717) is 23.6 Å². The molecule has 54 heavy (non-hydrogen) atoms. The van der Waals surface area contributed by atoms with Crippen molar-refractivity contribution in [3.63, 3.8) is 0 Å². The molecule has 314 valence electrons. The predicted octanol–water partition coefficient (Wildman–Crippen LogP) is 11.1. The highest BCUT2D eigenvalue weighted by molar-refractivity contribution is 7.45. The van der Waals surface area contributed by atoms with E-state index in [1.54, 1.807) is 6.26 Å². The molecule has 1 rings (SSSR count). The minimum Gasteiger partial charge on any atom is -0.756 e. The lowest BCUT2D eigenvalue weighted by atomic mass is 10.0. The molecule has 0 saturated carbocycles. The number of phosphoric acid groups is 1. The SMILES string of the molecule is CCCCC/C=C\C/C=C\CC1OC1C/C=C\CCCC(=O)O[C@H](CO/C=C/CCCCCCCCCCCCCC)COP(=O)([O-])OCC[N+](C)(C)C. The molecular weight excluding hydrogens is 701 g/mol. The zero-order valence-electron chi connectivity index (χ0n) is 35.1. The molecule has 0 aromatic heterocycles. The van der Waals surface area contributed by atoms with Crippen LogP contribution in [0.3, 0.4) is 0 Å². The van der Waals surface area contributed by atoms with E-state index in [1.807, 2.05) is 27.2 Å². The highest BCUT2D eigenvalue weighted by Gasteiger charge is 2.36. The first-order chi connectivity index (χ1) is 26.1. The summed E-state index contributed by atoms with van der Waals surface area (Å²) in [7, 11) is 1.28. The third-order valence-corrected chi connectivity index (χ3v) is 10.3. The van der Waals surface area contributed by atoms with Gasteiger partial charge in [0.15, 0.2) is 6.10 Å². The second kappa shape index (κ2) is 33.4. The maximum atomic E-state index is 12.7. The van der Waals surface area contributed by atoms with Gasteiger partial charge in [-0.15, -0.1) is 0 Å². The van der Waals surface area contributed by atoms with Crippen LogP contribution < -0.4 is 4.89 Å². The second-order valence-corrected chi connectivity index (χ2v) is 17.2. The van der Waals surface area contributed by atoms with Crippen LogP contribution in [0.15, 0.2) is 48.8 Å². The zero-order valence-corrected chi connectivity index (χ0v) is 36.0. The van der Waals surface area contributed by atoms with Crippen LogP contribution in [0.1, 0.15) is 162 Å². The number of unbranched alkanes of at least 4 members (excludes halogenated alkanes) is 16. The Hall–Kier alpha value is -1.74. The Morgan fingerprint density at radius 1 is 0.685 bits per heavy atom. The van der Waals surface area contributed by atoms with Crippen molar-refractivity contribution in [2.75, 3.05) is 47.5 Å². The number of phosphoric ester groups is 1. The smallest absolute Gasteiger partial charge is 0.306 e. The van der Waals surface area contributed by atoms with Crippen LogP contribution in [0, 0.1) is 0 Å². The van der Waals surface area contributed by atoms with Crippen molar-refractivity contribution in [3.8, 4) is 0 Å². The molecular formula is C44H80NO8P. The van der Waals surface area contributed by atoms with Crippen LogP contribution in [0.5, 0.6) is 0 Å². The molecule has 0 amide bonds. The van der Waals surface area contributed by atoms with Crippen molar-refractivity contribution < 1.29 is 42.0 Å². The summed E-state index contributed by atoms with van der Waals surface area (Å²) in [6.07, 6.45) is 42.4. The third-order valence-electron chi connectivity index (χ3n) is 9.35. The Morgan fingerprint density at radius 3 is 1.85 bits per heavy atom. The Labute approximate surface area is 331 Å². The molecule has 0 N–H and O–H groups in total. The molecule has 1 aliphatic heterocycles. The van der Waals surface area contributed by atoms with Gasteiger partial charge in [-0.05, 0) is 63.9 Å². The van der Waals surface area contributed by atoms with Crippen molar-refractivity contribution in [3.05, 3.63) is 48.8 Å². The average molecular weight is 782 g/mol. The van der Waals surface area contributed by atoms with Gasteiger partial charge >= 0.3 is 5.97 Å². The number of carbonyl (C=O) groups excluding carboxylic acids is 1. The first kappa shape index (κ1) is 50.3. The lowest BCUT2D eigenvalue weighted by Gasteiger charge is -2.28. The monoisotopic (exact) mass is 782 g/mol. The zero-order chi connectivity index (χ0) is 39.6. The van der Waals surface area contributed by atoms with Gasteiger partial charge in [0.05, 0.1) is 46.2 Å². The number of allylic oxidation sites excluding steroid dienone is 5. The van der Waals surface area contributed by atoms with Crippen LogP contribution in [-0.2, 0) is 32.6 Å². The number of likely N-dealkylation sites (N-methyl/N-ethyl adjacent to an activating group) is 1. The second-order valence-electron chi connectivity index (χ2n) is 15.8. The molecule has 9 nitrogen and oxygen atoms in total. The van der Waals surface area contributed by atoms with Gasteiger partial charge < -0.3 is 32.6 Å². The Bertz CT molecular complexity index is 1070. The van der Waals surface area contributed by atoms with Gasteiger partial charge in [-0.2, -0.15) is 0 Å². The summed E-state index contributed by atoms with van der Waals surface area (Å²) in [4.78, 5) is 25.0. The van der Waals surface area contributed by atoms with Gasteiger partial charge in [-0.25, -0.2) is 0 Å². The quantitative estimate of drug-likeness (QED) is 0.0116. The molecule has 3 unspecified atom stereocenters. The molecule has 1 heterocycles. The highest BCUT2D eigenvalue weighted by atomic mass is 31.2. The van der Waals surface area contributed by atoms with Crippen molar-refractivity contribution in [2.24, 2.45) is 0 Å². The van der Waals surface area contributed by atoms with Crippen LogP contribution in [0.25, 0.3) is 0 Å². The number of hydrogen-bond acceptors (Lipinski definition) is 8. The lowest BCUT2D eigenvalue weighted by Crippen LogP contribution is -2.37. The Morgan fingerprint density at radius 2 is 1.20 bits per heavy atom. The summed E-state index contributed by atoms with van der Waals surface area (Å²) in [5, 5.41) is 0. The number of nitrogens with zero attached hydrogens (tertiary/aromatic N) is 1. The summed E-state index contributed by atoms with van der Waals surface area (Å²) in [5.41, 5.74) is 0. The Balaban J connectivity index is 2.32. The van der Waals surface area contributed by atoms with E-state index in [2.05, 4.69) is 50.3 Å². The molecule has 0 aromatic rings. The molecule has 1 saturated heterocycles. The fourth-order valence-corrected chi connectivity index (χ4v) is 6.57. The van der Waals surface area contributed by atoms with Crippen LogP contribution in [0.4, 0.5) is 0 Å². The average Bonchev–Trinajstić information content (AvgIpc) is 3.88. The number of hydrogen-bond donors (Lipinski definition) is 0. The van der Waals surface area contributed by atoms with Crippen molar-refractivity contribution in [1.29, 1.82) is 0 Å². The van der Waals surface area contributed by atoms with Crippen LogP contribution in [-0.4, -0.2) is 76.3 Å². The van der Waals surface area contributed by atoms with Crippen LogP contribution in [0.2, 0.25) is 0 Å². The topological polar surface area (TPSA) is 107 Å². The van der Waals surface area contributed by atoms with E-state index in [-0.39, 0.29) is 32.3 Å². The Kier molecular flexibility index (Phi) is 31.1. The van der Waals surface area contributed by atoms with E-state index >= 15 is 0 Å². The predicted molar refractivity (Wildman–Crippen MR) is 221 cm³/mol. The minimum absolute atomic E-state index is 0.00230. The standard InChI is InChI=1S/C44H80NO8P/c1-6-8-10-12-14-16-17-18-19-20-22-24-28-32-37-49-39-41(40-51-54(47,48)50-38-36-45(3,4)5)52-44(46)35-31-27-26-30-34-43-42(53-43)33-29-25-23-21-15-13-11-9-7-2/h15,21,25-26,29-30,32,37,41-43H,6-14,16-20,22-24,27-28,31,33-36,38-40H2,1-5H3/b21-15-,29-25-,30-26-,37-32+/t41-,42?,43?/m1/s1. The summed E-state index contributed by atoms with van der Waals surface area (Å²) in [6, 6.07) is 0. The maximum absolute atomic E-state index is 12.7. The largest absolute Gasteiger partial charge is 0.756 e. The normalized spacial score (nSPS) is 18.0. The number of quaternary nitrogens is 1. The number of carbonyl (C=O) groups is 1. The molecule has 1 fully saturated rings. The van der Waals surface area contributed by atoms with E-state index in [4.69, 9.17) is 23.3 Å². The summed E-state index contributed by atoms with van der Waals surface area (Å²) >= 11 is 0. The van der Waals surface area contributed by atoms with E-state index in [1.165, 1.54) is 96.3 Å². The third kappa shape index (κ3) is 33.6. The molecule has 4 atom stereocenters. The molecule has 0 aliphatic carbocycles. The molecule has 0 aromatic carbocycles. The number of ether oxygens (including phenoxy) is 3. The molecule has 10 heteroatoms. The molecule has 0 radical (unpaired) electrons. The summed E-state index contributed by atoms with van der Waals surface area (Å²) < 4.78 is 40.0. The first-order valence-electron chi connectivity index (χ1n) is 21.5. The van der Waals surface area contributed by atoms with Gasteiger partial charge in [0.2, 0.25) is 0 Å². The van der Waals surface area contributed by atoms with Crippen molar-refractivity contribution in [1.82, 2.24) is 0 Å². The highest BCUT2D eigenvalue weighted by Crippen LogP contribution is 2.38. The molecule has 1 aliphatic rings. The molecule has 0 spiro atoms. The fourth-order valence-electron chi connectivity index (χ4n) is 5.84. The maximum Gasteiger partial charge on any atom is 0.306 e. The summed E-state index contributed by atoms with van der Waals surface area (Å²) in [6.45, 7) is 4.62. The van der Waals surface area contributed by atoms with E-state index < -0.39 is 19.9 Å². The minimum atomic E-state index is -4.56. The van der Waals surface area contributed by atoms with E-state index in [9.17, 15) is 14.3 Å². The number of esters is 1. The molecule has 0 bridgehead atoms. The van der Waals surface area contributed by atoms with Gasteiger partial charge in [-0.3, -0.25) is 9.36 Å². The van der Waals surface area contributed by atoms with Gasteiger partial charge in [0.1, 0.15) is 19.8 Å². The van der Waals surface area contributed by atoms with Crippen LogP contribution >= 0.6 is 7.82 Å². The lowest BCUT2D eigenvalue weighted by molar-refractivity contribution is -0.870. The van der Waals surface area contributed by atoms with Crippen molar-refractivity contribution >= 4 is 13.8 Å². The van der Waals surface area contributed by atoms with Gasteiger partial charge in [0, 0.05) is 6.42 Å². The number of epoxide rings is 1.